The van der Waals surface area contributed by atoms with Gasteiger partial charge in [-0.25, -0.2) is 19.2 Å². The van der Waals surface area contributed by atoms with E-state index in [1.807, 2.05) is 0 Å². The van der Waals surface area contributed by atoms with Gasteiger partial charge in [0.2, 0.25) is 11.3 Å². The number of carbonyl (C=O) groups is 8. The van der Waals surface area contributed by atoms with E-state index >= 15 is 0 Å². The second-order valence-electron chi connectivity index (χ2n) is 12.3. The summed E-state index contributed by atoms with van der Waals surface area (Å²) >= 11 is 1.09. The summed E-state index contributed by atoms with van der Waals surface area (Å²) in [6.07, 6.45) is -2.40. The Kier molecular flexibility index (Phi) is 13.5. The van der Waals surface area contributed by atoms with Crippen molar-refractivity contribution in [1.29, 1.82) is 0 Å². The first-order chi connectivity index (χ1) is 28.0. The van der Waals surface area contributed by atoms with Crippen molar-refractivity contribution in [1.82, 2.24) is 15.5 Å². The normalized spacial score (nSPS) is 16.1. The molecule has 1 fully saturated rings. The molecule has 2 aromatic carbocycles. The molecule has 0 radical (unpaired) electrons. The van der Waals surface area contributed by atoms with E-state index in [9.17, 15) is 48.3 Å². The van der Waals surface area contributed by atoms with Crippen molar-refractivity contribution in [3.8, 4) is 17.2 Å². The second kappa shape index (κ2) is 18.4. The van der Waals surface area contributed by atoms with Crippen molar-refractivity contribution in [2.24, 2.45) is 0 Å². The minimum absolute atomic E-state index is 0.0354. The number of aryl methyl sites for hydroxylation is 1. The largest absolute Gasteiger partial charge is 0.513 e. The molecule has 1 saturated heterocycles. The number of β-lactam (4-membered cyclic amide) rings is 1. The van der Waals surface area contributed by atoms with Gasteiger partial charge in [-0.3, -0.25) is 28.9 Å². The number of hydrogen-bond acceptors (Lipinski definition) is 17. The summed E-state index contributed by atoms with van der Waals surface area (Å²) in [5, 5.41) is 22.7. The van der Waals surface area contributed by atoms with Gasteiger partial charge in [0, 0.05) is 24.3 Å². The van der Waals surface area contributed by atoms with Gasteiger partial charge in [-0.1, -0.05) is 12.1 Å². The molecular weight excluding hydrogens is 806 g/mol. The van der Waals surface area contributed by atoms with E-state index in [0.29, 0.717) is 0 Å². The summed E-state index contributed by atoms with van der Waals surface area (Å²) in [5.41, 5.74) is -1.97. The van der Waals surface area contributed by atoms with E-state index < -0.39 is 100 Å². The third-order valence-electron chi connectivity index (χ3n) is 8.38. The molecule has 0 bridgehead atoms. The van der Waals surface area contributed by atoms with Gasteiger partial charge in [0.15, 0.2) is 18.1 Å². The molecule has 1 aromatic heterocycles. The van der Waals surface area contributed by atoms with Gasteiger partial charge in [0.1, 0.15) is 52.4 Å². The highest BCUT2D eigenvalue weighted by Crippen LogP contribution is 2.41. The number of rotatable bonds is 15. The lowest BCUT2D eigenvalue weighted by Crippen LogP contribution is -2.71. The number of carboxylic acids is 2. The minimum atomic E-state index is -1.65. The van der Waals surface area contributed by atoms with E-state index in [1.54, 1.807) is 0 Å². The number of hydrogen-bond donors (Lipinski definition) is 4. The van der Waals surface area contributed by atoms with Gasteiger partial charge >= 0.3 is 30.2 Å². The van der Waals surface area contributed by atoms with E-state index in [4.69, 9.17) is 37.9 Å². The first-order valence-corrected chi connectivity index (χ1v) is 18.5. The number of carbonyl (C=O) groups excluding carboxylic acids is 6. The topological polar surface area (TPSA) is 290 Å². The van der Waals surface area contributed by atoms with Crippen molar-refractivity contribution >= 4 is 70.7 Å². The van der Waals surface area contributed by atoms with Crippen LogP contribution in [0.25, 0.3) is 11.0 Å². The Morgan fingerprint density at radius 2 is 1.56 bits per heavy atom. The Bertz CT molecular complexity index is 2320. The van der Waals surface area contributed by atoms with E-state index in [1.165, 1.54) is 45.0 Å². The van der Waals surface area contributed by atoms with Crippen molar-refractivity contribution < 1.29 is 81.4 Å². The Balaban J connectivity index is 1.48. The molecule has 1 unspecified atom stereocenters. The maximum atomic E-state index is 14.0. The van der Waals surface area contributed by atoms with Crippen LogP contribution in [0.4, 0.5) is 9.59 Å². The molecule has 4 N–H and O–H groups in total. The summed E-state index contributed by atoms with van der Waals surface area (Å²) in [6, 6.07) is 4.33. The minimum Gasteiger partial charge on any atom is -0.482 e. The number of ether oxygens (including phenoxy) is 6. The number of fused-ring (bicyclic) bond motifs is 2. The second-order valence-corrected chi connectivity index (χ2v) is 13.4. The SMILES string of the molecule is CCOC(=O)Oc1cc2oc(C)c(C(=O)NC(C(=O)N[C@H]3C(=O)N4C(C(=O)O)=C(COC(C)=O)CS[C@@H]34)c3ccc(OCC(=O)O)cc3)c(=O)c2cc1OC(=O)OCC. The number of aliphatic carboxylic acids is 2. The quantitative estimate of drug-likeness (QED) is 0.0739. The standard InChI is InChI=1S/C37H35N3O18S/c1-5-52-36(50)57-23-11-21-22(12-24(23)58-37(51)53-6-2)56-16(3)26(30(21)44)31(45)38-27(18-7-9-20(10-8-18)55-14-25(42)43)32(46)39-28-33(47)40-29(35(48)49)19(13-54-17(4)41)15-59-34(28)40/h7-12,27-28,34H,5-6,13-15H2,1-4H3,(H,38,45)(H,39,46)(H,42,43)(H,48,49)/t27?,28-,34-/m0/s1. The summed E-state index contributed by atoms with van der Waals surface area (Å²) in [4.78, 5) is 115. The van der Waals surface area contributed by atoms with Gasteiger partial charge in [0.05, 0.1) is 18.6 Å². The van der Waals surface area contributed by atoms with Crippen LogP contribution in [0.15, 0.2) is 56.9 Å². The number of carboxylic acid groups (broad SMARTS) is 2. The summed E-state index contributed by atoms with van der Waals surface area (Å²) in [7, 11) is 0. The molecular formula is C37H35N3O18S. The van der Waals surface area contributed by atoms with Gasteiger partial charge in [-0.05, 0) is 44.5 Å². The average Bonchev–Trinajstić information content (AvgIpc) is 3.17. The molecule has 0 aliphatic carbocycles. The van der Waals surface area contributed by atoms with Crippen LogP contribution in [-0.4, -0.2) is 107 Å². The predicted octanol–water partition coefficient (Wildman–Crippen LogP) is 2.41. The number of amides is 3. The third-order valence-corrected chi connectivity index (χ3v) is 9.72. The lowest BCUT2D eigenvalue weighted by Gasteiger charge is -2.49. The van der Waals surface area contributed by atoms with Gasteiger partial charge < -0.3 is 53.7 Å². The van der Waals surface area contributed by atoms with Crippen LogP contribution in [0.3, 0.4) is 0 Å². The number of esters is 1. The molecule has 312 valence electrons. The summed E-state index contributed by atoms with van der Waals surface area (Å²) < 4.78 is 35.7. The zero-order valence-corrected chi connectivity index (χ0v) is 32.3. The fraction of sp³-hybridized carbons (Fsp3) is 0.324. The third kappa shape index (κ3) is 9.72. The first kappa shape index (κ1) is 43.0. The van der Waals surface area contributed by atoms with Crippen LogP contribution in [-0.2, 0) is 38.2 Å². The van der Waals surface area contributed by atoms with Crippen LogP contribution in [0.1, 0.15) is 48.5 Å². The molecule has 2 aliphatic rings. The predicted molar refractivity (Wildman–Crippen MR) is 199 cm³/mol. The highest BCUT2D eigenvalue weighted by atomic mass is 32.2. The fourth-order valence-electron chi connectivity index (χ4n) is 5.84. The monoisotopic (exact) mass is 841 g/mol. The van der Waals surface area contributed by atoms with E-state index in [-0.39, 0.29) is 59.2 Å². The zero-order chi connectivity index (χ0) is 43.1. The molecule has 3 heterocycles. The molecule has 5 rings (SSSR count). The van der Waals surface area contributed by atoms with Crippen molar-refractivity contribution in [3.05, 3.63) is 74.8 Å². The molecule has 2 aliphatic heterocycles. The number of nitrogens with one attached hydrogen (secondary N) is 2. The highest BCUT2D eigenvalue weighted by molar-refractivity contribution is 8.00. The van der Waals surface area contributed by atoms with Crippen molar-refractivity contribution in [2.75, 3.05) is 32.2 Å². The Hall–Kier alpha value is -7.10. The van der Waals surface area contributed by atoms with Crippen molar-refractivity contribution in [3.63, 3.8) is 0 Å². The van der Waals surface area contributed by atoms with Gasteiger partial charge in [0.25, 0.3) is 11.8 Å². The molecule has 0 saturated carbocycles. The maximum Gasteiger partial charge on any atom is 0.513 e. The number of nitrogens with zero attached hydrogens (tertiary/aromatic N) is 1. The molecule has 21 nitrogen and oxygen atoms in total. The Morgan fingerprint density at radius 1 is 0.932 bits per heavy atom. The Labute approximate surface area is 336 Å². The molecule has 22 heteroatoms. The van der Waals surface area contributed by atoms with Crippen molar-refractivity contribution in [2.45, 2.75) is 45.2 Å². The van der Waals surface area contributed by atoms with Crippen LogP contribution < -0.4 is 30.3 Å². The lowest BCUT2D eigenvalue weighted by molar-refractivity contribution is -0.151. The average molecular weight is 842 g/mol. The molecule has 0 spiro atoms. The Morgan fingerprint density at radius 3 is 2.14 bits per heavy atom. The van der Waals surface area contributed by atoms with E-state index in [0.717, 1.165) is 35.7 Å². The maximum absolute atomic E-state index is 14.0. The smallest absolute Gasteiger partial charge is 0.482 e. The number of benzene rings is 2. The van der Waals surface area contributed by atoms with Gasteiger partial charge in [-0.15, -0.1) is 11.8 Å². The van der Waals surface area contributed by atoms with E-state index in [2.05, 4.69) is 10.6 Å². The van der Waals surface area contributed by atoms with Crippen LogP contribution >= 0.6 is 11.8 Å². The first-order valence-electron chi connectivity index (χ1n) is 17.4. The molecule has 3 aromatic rings. The molecule has 3 amide bonds. The zero-order valence-electron chi connectivity index (χ0n) is 31.5. The fourth-order valence-corrected chi connectivity index (χ4v) is 7.16. The molecule has 3 atom stereocenters. The van der Waals surface area contributed by atoms with Crippen LogP contribution in [0.2, 0.25) is 0 Å². The lowest BCUT2D eigenvalue weighted by atomic mass is 10.0. The summed E-state index contributed by atoms with van der Waals surface area (Å²) in [5.74, 6) is -7.34. The summed E-state index contributed by atoms with van der Waals surface area (Å²) in [6.45, 7) is 4.20. The molecule has 59 heavy (non-hydrogen) atoms. The number of thioether (sulfide) groups is 1. The van der Waals surface area contributed by atoms with Crippen LogP contribution in [0, 0.1) is 6.92 Å². The van der Waals surface area contributed by atoms with Gasteiger partial charge in [-0.2, -0.15) is 0 Å². The highest BCUT2D eigenvalue weighted by Gasteiger charge is 2.54. The van der Waals surface area contributed by atoms with Crippen LogP contribution in [0.5, 0.6) is 17.2 Å².